The van der Waals surface area contributed by atoms with Crippen molar-refractivity contribution >= 4 is 29.7 Å². The highest BCUT2D eigenvalue weighted by atomic mass is 15.4. The number of hydrazone groups is 1. The lowest BCUT2D eigenvalue weighted by Gasteiger charge is -2.11. The number of anilines is 4. The Balaban J connectivity index is 2.06. The molecule has 0 aliphatic rings. The molecule has 8 nitrogen and oxygen atoms in total. The van der Waals surface area contributed by atoms with Gasteiger partial charge in [0.15, 0.2) is 0 Å². The highest BCUT2D eigenvalue weighted by Crippen LogP contribution is 2.11. The van der Waals surface area contributed by atoms with Gasteiger partial charge in [0.1, 0.15) is 0 Å². The fourth-order valence-corrected chi connectivity index (χ4v) is 1.92. The molecule has 0 aliphatic heterocycles. The average molecular weight is 328 g/mol. The first kappa shape index (κ1) is 17.5. The lowest BCUT2D eigenvalue weighted by Crippen LogP contribution is -2.10. The van der Waals surface area contributed by atoms with Gasteiger partial charge in [-0.05, 0) is 31.5 Å². The molecule has 24 heavy (non-hydrogen) atoms. The van der Waals surface area contributed by atoms with Crippen molar-refractivity contribution < 1.29 is 0 Å². The number of hydrogen-bond donors (Lipinski definition) is 3. The van der Waals surface area contributed by atoms with E-state index in [1.807, 2.05) is 52.2 Å². The third-order valence-corrected chi connectivity index (χ3v) is 3.09. The Morgan fingerprint density at radius 1 is 0.917 bits per heavy atom. The van der Waals surface area contributed by atoms with Crippen molar-refractivity contribution in [3.8, 4) is 0 Å². The molecule has 0 bridgehead atoms. The number of aromatic nitrogens is 3. The summed E-state index contributed by atoms with van der Waals surface area (Å²) in [4.78, 5) is 14.9. The summed E-state index contributed by atoms with van der Waals surface area (Å²) in [7, 11) is 4.02. The fourth-order valence-electron chi connectivity index (χ4n) is 1.92. The van der Waals surface area contributed by atoms with Crippen LogP contribution in [-0.4, -0.2) is 48.4 Å². The minimum atomic E-state index is 0.387. The Labute approximate surface area is 142 Å². The summed E-state index contributed by atoms with van der Waals surface area (Å²) in [5.74, 6) is 1.41. The zero-order chi connectivity index (χ0) is 17.4. The van der Waals surface area contributed by atoms with E-state index in [1.165, 1.54) is 0 Å². The monoisotopic (exact) mass is 328 g/mol. The van der Waals surface area contributed by atoms with Crippen molar-refractivity contribution in [2.45, 2.75) is 13.8 Å². The second-order valence-corrected chi connectivity index (χ2v) is 5.22. The lowest BCUT2D eigenvalue weighted by molar-refractivity contribution is 0.992. The van der Waals surface area contributed by atoms with E-state index in [0.717, 1.165) is 24.3 Å². The van der Waals surface area contributed by atoms with Crippen molar-refractivity contribution in [3.05, 3.63) is 29.8 Å². The van der Waals surface area contributed by atoms with E-state index < -0.39 is 0 Å². The van der Waals surface area contributed by atoms with Crippen LogP contribution in [0.1, 0.15) is 19.4 Å². The Kier molecular flexibility index (Phi) is 6.30. The van der Waals surface area contributed by atoms with Crippen LogP contribution in [0.5, 0.6) is 0 Å². The standard InChI is InChI=1S/C16H24N8/c1-5-17-14-20-15(18-6-2)22-16(21-14)23-19-11-12-7-9-13(10-8-12)24(3)4/h7-11H,5-6H2,1-4H3,(H3,17,18,20,21,22,23)/b19-11+. The second-order valence-electron chi connectivity index (χ2n) is 5.22. The van der Waals surface area contributed by atoms with Crippen LogP contribution in [0, 0.1) is 0 Å². The van der Waals surface area contributed by atoms with Gasteiger partial charge >= 0.3 is 0 Å². The minimum absolute atomic E-state index is 0.387. The Morgan fingerprint density at radius 3 is 1.96 bits per heavy atom. The summed E-state index contributed by atoms with van der Waals surface area (Å²) >= 11 is 0. The van der Waals surface area contributed by atoms with E-state index in [1.54, 1.807) is 6.21 Å². The molecule has 0 aliphatic carbocycles. The highest BCUT2D eigenvalue weighted by molar-refractivity contribution is 5.80. The minimum Gasteiger partial charge on any atom is -0.378 e. The summed E-state index contributed by atoms with van der Waals surface area (Å²) in [5, 5.41) is 10.3. The van der Waals surface area contributed by atoms with Crippen molar-refractivity contribution in [3.63, 3.8) is 0 Å². The molecule has 1 aromatic heterocycles. The van der Waals surface area contributed by atoms with Crippen LogP contribution in [0.25, 0.3) is 0 Å². The zero-order valence-electron chi connectivity index (χ0n) is 14.5. The topological polar surface area (TPSA) is 90.4 Å². The SMILES string of the molecule is CCNc1nc(NCC)nc(N/N=C/c2ccc(N(C)C)cc2)n1. The number of hydrogen-bond acceptors (Lipinski definition) is 8. The predicted molar refractivity (Wildman–Crippen MR) is 100 cm³/mol. The summed E-state index contributed by atoms with van der Waals surface area (Å²) in [5.41, 5.74) is 4.97. The molecule has 2 rings (SSSR count). The van der Waals surface area contributed by atoms with Gasteiger partial charge in [0.25, 0.3) is 0 Å². The van der Waals surface area contributed by atoms with Gasteiger partial charge in [-0.3, -0.25) is 0 Å². The second kappa shape index (κ2) is 8.66. The van der Waals surface area contributed by atoms with Gasteiger partial charge in [-0.2, -0.15) is 20.1 Å². The van der Waals surface area contributed by atoms with Crippen molar-refractivity contribution in [2.24, 2.45) is 5.10 Å². The first-order valence-electron chi connectivity index (χ1n) is 7.92. The van der Waals surface area contributed by atoms with Crippen LogP contribution in [0.2, 0.25) is 0 Å². The van der Waals surface area contributed by atoms with Crippen LogP contribution >= 0.6 is 0 Å². The smallest absolute Gasteiger partial charge is 0.250 e. The third-order valence-electron chi connectivity index (χ3n) is 3.09. The van der Waals surface area contributed by atoms with Gasteiger partial charge in [-0.15, -0.1) is 0 Å². The van der Waals surface area contributed by atoms with E-state index in [4.69, 9.17) is 0 Å². The van der Waals surface area contributed by atoms with E-state index in [9.17, 15) is 0 Å². The Hall–Kier alpha value is -2.90. The summed E-state index contributed by atoms with van der Waals surface area (Å²) < 4.78 is 0. The van der Waals surface area contributed by atoms with E-state index in [0.29, 0.717) is 17.8 Å². The summed E-state index contributed by atoms with van der Waals surface area (Å²) in [6, 6.07) is 8.08. The maximum atomic E-state index is 4.27. The van der Waals surface area contributed by atoms with Gasteiger partial charge in [0.05, 0.1) is 6.21 Å². The first-order chi connectivity index (χ1) is 11.6. The highest BCUT2D eigenvalue weighted by Gasteiger charge is 2.04. The van der Waals surface area contributed by atoms with E-state index in [-0.39, 0.29) is 0 Å². The van der Waals surface area contributed by atoms with Gasteiger partial charge in [-0.25, -0.2) is 5.43 Å². The van der Waals surface area contributed by atoms with Crippen LogP contribution in [0.3, 0.4) is 0 Å². The molecule has 2 aromatic rings. The van der Waals surface area contributed by atoms with E-state index >= 15 is 0 Å². The van der Waals surface area contributed by atoms with E-state index in [2.05, 4.69) is 41.0 Å². The molecule has 8 heteroatoms. The van der Waals surface area contributed by atoms with Crippen LogP contribution in [-0.2, 0) is 0 Å². The molecule has 0 spiro atoms. The molecule has 1 aromatic carbocycles. The molecule has 1 heterocycles. The zero-order valence-corrected chi connectivity index (χ0v) is 14.5. The number of benzene rings is 1. The van der Waals surface area contributed by atoms with Crippen LogP contribution in [0.15, 0.2) is 29.4 Å². The van der Waals surface area contributed by atoms with Gasteiger partial charge in [-0.1, -0.05) is 12.1 Å². The predicted octanol–water partition coefficient (Wildman–Crippen LogP) is 2.25. The normalized spacial score (nSPS) is 10.7. The average Bonchev–Trinajstić information content (AvgIpc) is 2.56. The maximum Gasteiger partial charge on any atom is 0.250 e. The molecule has 0 saturated carbocycles. The maximum absolute atomic E-state index is 4.27. The number of rotatable bonds is 8. The molecular formula is C16H24N8. The molecule has 0 atom stereocenters. The van der Waals surface area contributed by atoms with Gasteiger partial charge < -0.3 is 15.5 Å². The Bertz CT molecular complexity index is 642. The molecule has 0 saturated heterocycles. The number of nitrogens with one attached hydrogen (secondary N) is 3. The molecule has 0 unspecified atom stereocenters. The fraction of sp³-hybridized carbons (Fsp3) is 0.375. The van der Waals surface area contributed by atoms with Crippen molar-refractivity contribution in [1.29, 1.82) is 0 Å². The number of nitrogens with zero attached hydrogens (tertiary/aromatic N) is 5. The molecule has 128 valence electrons. The Morgan fingerprint density at radius 2 is 1.46 bits per heavy atom. The first-order valence-corrected chi connectivity index (χ1v) is 7.92. The summed E-state index contributed by atoms with van der Waals surface area (Å²) in [6.45, 7) is 5.44. The molecule has 0 fully saturated rings. The van der Waals surface area contributed by atoms with Crippen molar-refractivity contribution in [1.82, 2.24) is 15.0 Å². The third kappa shape index (κ3) is 5.08. The van der Waals surface area contributed by atoms with Crippen LogP contribution < -0.4 is 21.0 Å². The summed E-state index contributed by atoms with van der Waals surface area (Å²) in [6.07, 6.45) is 1.73. The quantitative estimate of drug-likeness (QED) is 0.506. The molecular weight excluding hydrogens is 304 g/mol. The molecule has 0 radical (unpaired) electrons. The molecule has 0 amide bonds. The largest absolute Gasteiger partial charge is 0.378 e. The lowest BCUT2D eigenvalue weighted by atomic mass is 10.2. The van der Waals surface area contributed by atoms with Gasteiger partial charge in [0, 0.05) is 32.9 Å². The van der Waals surface area contributed by atoms with Gasteiger partial charge in [0.2, 0.25) is 17.8 Å². The molecule has 3 N–H and O–H groups in total. The van der Waals surface area contributed by atoms with Crippen molar-refractivity contribution in [2.75, 3.05) is 48.1 Å². The van der Waals surface area contributed by atoms with Crippen LogP contribution in [0.4, 0.5) is 23.5 Å².